The van der Waals surface area contributed by atoms with Crippen LogP contribution < -0.4 is 0 Å². The van der Waals surface area contributed by atoms with Gasteiger partial charge in [-0.1, -0.05) is 49.2 Å². The Labute approximate surface area is 185 Å². The van der Waals surface area contributed by atoms with E-state index in [-0.39, 0.29) is 5.57 Å². The number of halogens is 1. The third-order valence-corrected chi connectivity index (χ3v) is 6.10. The number of thiophene rings is 1. The Kier molecular flexibility index (Phi) is 7.85. The van der Waals surface area contributed by atoms with Crippen molar-refractivity contribution >= 4 is 35.0 Å². The summed E-state index contributed by atoms with van der Waals surface area (Å²) in [6, 6.07) is 11.2. The number of aromatic nitrogens is 2. The first-order chi connectivity index (χ1) is 14.5. The molecule has 0 aliphatic carbocycles. The fourth-order valence-corrected chi connectivity index (χ4v) is 4.25. The topological polar surface area (TPSA) is 75.3 Å². The van der Waals surface area contributed by atoms with Crippen molar-refractivity contribution in [1.29, 1.82) is 0 Å². The van der Waals surface area contributed by atoms with Crippen LogP contribution in [-0.4, -0.2) is 25.7 Å². The van der Waals surface area contributed by atoms with E-state index in [1.54, 1.807) is 22.9 Å². The molecule has 7 heteroatoms. The zero-order valence-electron chi connectivity index (χ0n) is 16.8. The molecule has 30 heavy (non-hydrogen) atoms. The van der Waals surface area contributed by atoms with Crippen LogP contribution >= 0.6 is 22.9 Å². The number of carbonyl (C=O) groups is 1. The van der Waals surface area contributed by atoms with Crippen LogP contribution in [0.15, 0.2) is 53.5 Å². The lowest BCUT2D eigenvalue weighted by Crippen LogP contribution is -2.17. The summed E-state index contributed by atoms with van der Waals surface area (Å²) in [6.07, 6.45) is 5.61. The number of benzene rings is 1. The van der Waals surface area contributed by atoms with E-state index in [9.17, 15) is 15.0 Å². The van der Waals surface area contributed by atoms with Crippen molar-refractivity contribution in [2.45, 2.75) is 45.3 Å². The summed E-state index contributed by atoms with van der Waals surface area (Å²) in [7, 11) is 0. The second-order valence-electron chi connectivity index (χ2n) is 7.08. The van der Waals surface area contributed by atoms with Gasteiger partial charge in [0.1, 0.15) is 12.1 Å². The third-order valence-electron chi connectivity index (χ3n) is 4.86. The number of aliphatic hydroxyl groups is 1. The maximum Gasteiger partial charge on any atom is 0.332 e. The van der Waals surface area contributed by atoms with Gasteiger partial charge in [-0.3, -0.25) is 0 Å². The number of aliphatic carboxylic acids is 1. The van der Waals surface area contributed by atoms with Crippen molar-refractivity contribution < 1.29 is 15.0 Å². The molecule has 1 aromatic carbocycles. The molecule has 0 amide bonds. The van der Waals surface area contributed by atoms with E-state index in [0.717, 1.165) is 29.1 Å². The van der Waals surface area contributed by atoms with Crippen LogP contribution in [0.1, 0.15) is 48.0 Å². The Hall–Kier alpha value is -2.41. The van der Waals surface area contributed by atoms with Crippen molar-refractivity contribution in [3.05, 3.63) is 80.5 Å². The first-order valence-corrected chi connectivity index (χ1v) is 11.2. The lowest BCUT2D eigenvalue weighted by molar-refractivity contribution is -0.132. The molecule has 0 bridgehead atoms. The summed E-state index contributed by atoms with van der Waals surface area (Å²) in [5.41, 5.74) is 1.66. The first-order valence-electron chi connectivity index (χ1n) is 9.93. The average molecular weight is 445 g/mol. The summed E-state index contributed by atoms with van der Waals surface area (Å²) in [5, 5.41) is 23.3. The molecule has 0 fully saturated rings. The number of unbranched alkanes of at least 4 members (excludes halogenated alkanes) is 1. The Balaban J connectivity index is 1.96. The number of imidazole rings is 1. The van der Waals surface area contributed by atoms with Crippen molar-refractivity contribution in [2.24, 2.45) is 0 Å². The van der Waals surface area contributed by atoms with E-state index in [1.807, 2.05) is 35.7 Å². The molecule has 3 aromatic rings. The van der Waals surface area contributed by atoms with Gasteiger partial charge in [-0.2, -0.15) is 0 Å². The van der Waals surface area contributed by atoms with Crippen molar-refractivity contribution in [1.82, 2.24) is 9.55 Å². The molecule has 0 aliphatic heterocycles. The molecule has 2 N–H and O–H groups in total. The molecule has 1 unspecified atom stereocenters. The molecular formula is C23H25ClN2O3S. The van der Waals surface area contributed by atoms with E-state index < -0.39 is 12.2 Å². The Morgan fingerprint density at radius 2 is 2.10 bits per heavy atom. The van der Waals surface area contributed by atoms with E-state index in [4.69, 9.17) is 11.6 Å². The minimum Gasteiger partial charge on any atom is -0.478 e. The predicted molar refractivity (Wildman–Crippen MR) is 121 cm³/mol. The van der Waals surface area contributed by atoms with Gasteiger partial charge in [0.25, 0.3) is 0 Å². The van der Waals surface area contributed by atoms with Crippen LogP contribution in [0.4, 0.5) is 0 Å². The minimum atomic E-state index is -0.980. The normalized spacial score (nSPS) is 12.8. The Bertz CT molecular complexity index is 1010. The summed E-state index contributed by atoms with van der Waals surface area (Å²) >= 11 is 7.79. The van der Waals surface area contributed by atoms with Crippen LogP contribution in [-0.2, 0) is 24.1 Å². The minimum absolute atomic E-state index is 0.255. The number of rotatable bonds is 10. The smallest absolute Gasteiger partial charge is 0.332 e. The highest BCUT2D eigenvalue weighted by Crippen LogP contribution is 2.25. The van der Waals surface area contributed by atoms with Gasteiger partial charge in [-0.25, -0.2) is 9.78 Å². The van der Waals surface area contributed by atoms with Gasteiger partial charge in [0, 0.05) is 34.7 Å². The van der Waals surface area contributed by atoms with Crippen molar-refractivity contribution in [3.63, 3.8) is 0 Å². The number of aliphatic hydroxyl groups excluding tert-OH is 1. The summed E-state index contributed by atoms with van der Waals surface area (Å²) in [5.74, 6) is -0.240. The van der Waals surface area contributed by atoms with Crippen LogP contribution in [0.5, 0.6) is 0 Å². The molecule has 0 saturated carbocycles. The number of carboxylic acids is 1. The van der Waals surface area contributed by atoms with Gasteiger partial charge in [-0.15, -0.1) is 11.3 Å². The number of carboxylic acid groups (broad SMARTS) is 1. The number of aryl methyl sites for hydroxylation is 1. The molecule has 3 rings (SSSR count). The number of nitrogens with zero attached hydrogens (tertiary/aromatic N) is 2. The number of hydrogen-bond acceptors (Lipinski definition) is 4. The summed E-state index contributed by atoms with van der Waals surface area (Å²) in [6.45, 7) is 2.10. The second kappa shape index (κ2) is 10.6. The van der Waals surface area contributed by atoms with Crippen LogP contribution in [0, 0.1) is 0 Å². The maximum atomic E-state index is 11.9. The largest absolute Gasteiger partial charge is 0.478 e. The van der Waals surface area contributed by atoms with Crippen LogP contribution in [0.3, 0.4) is 0 Å². The highest BCUT2D eigenvalue weighted by Gasteiger charge is 2.19. The van der Waals surface area contributed by atoms with Gasteiger partial charge in [0.15, 0.2) is 0 Å². The van der Waals surface area contributed by atoms with Crippen molar-refractivity contribution in [3.8, 4) is 0 Å². The van der Waals surface area contributed by atoms with Gasteiger partial charge in [0.05, 0.1) is 11.9 Å². The highest BCUT2D eigenvalue weighted by molar-refractivity contribution is 7.09. The maximum absolute atomic E-state index is 11.9. The molecular weight excluding hydrogens is 420 g/mol. The molecule has 158 valence electrons. The quantitative estimate of drug-likeness (QED) is 0.411. The molecule has 0 aliphatic rings. The summed E-state index contributed by atoms with van der Waals surface area (Å²) in [4.78, 5) is 17.3. The molecule has 1 atom stereocenters. The Morgan fingerprint density at radius 1 is 1.30 bits per heavy atom. The molecule has 0 spiro atoms. The van der Waals surface area contributed by atoms with Crippen LogP contribution in [0.25, 0.3) is 6.08 Å². The lowest BCUT2D eigenvalue weighted by atomic mass is 10.1. The SMILES string of the molecule is CCCCc1ncc(/C=C(\Cc2cccs2)C(=O)O)n1C(O)Cc1ccccc1Cl. The predicted octanol–water partition coefficient (Wildman–Crippen LogP) is 5.38. The third kappa shape index (κ3) is 5.59. The van der Waals surface area contributed by atoms with Gasteiger partial charge in [0.2, 0.25) is 0 Å². The molecule has 5 nitrogen and oxygen atoms in total. The molecule has 0 saturated heterocycles. The lowest BCUT2D eigenvalue weighted by Gasteiger charge is -2.18. The Morgan fingerprint density at radius 3 is 2.77 bits per heavy atom. The average Bonchev–Trinajstić information content (AvgIpc) is 3.37. The zero-order valence-corrected chi connectivity index (χ0v) is 18.4. The second-order valence-corrected chi connectivity index (χ2v) is 8.52. The van der Waals surface area contributed by atoms with Crippen LogP contribution in [0.2, 0.25) is 5.02 Å². The molecule has 0 radical (unpaired) electrons. The van der Waals surface area contributed by atoms with E-state index in [1.165, 1.54) is 11.3 Å². The van der Waals surface area contributed by atoms with Gasteiger partial charge < -0.3 is 14.8 Å². The molecule has 2 aromatic heterocycles. The summed E-state index contributed by atoms with van der Waals surface area (Å²) < 4.78 is 1.73. The monoisotopic (exact) mass is 444 g/mol. The molecule has 2 heterocycles. The van der Waals surface area contributed by atoms with E-state index >= 15 is 0 Å². The first kappa shape index (κ1) is 22.3. The fourth-order valence-electron chi connectivity index (χ4n) is 3.30. The van der Waals surface area contributed by atoms with Crippen molar-refractivity contribution in [2.75, 3.05) is 0 Å². The van der Waals surface area contributed by atoms with E-state index in [2.05, 4.69) is 11.9 Å². The fraction of sp³-hybridized carbons (Fsp3) is 0.304. The zero-order chi connectivity index (χ0) is 21.5. The number of hydrogen-bond donors (Lipinski definition) is 2. The van der Waals surface area contributed by atoms with E-state index in [0.29, 0.717) is 30.0 Å². The van der Waals surface area contributed by atoms with Gasteiger partial charge >= 0.3 is 5.97 Å². The van der Waals surface area contributed by atoms with Gasteiger partial charge in [-0.05, 0) is 35.6 Å². The standard InChI is InChI=1S/C23H25ClN2O3S/c1-2-3-10-21-25-15-18(12-17(23(28)29)13-19-8-6-11-30-19)26(21)22(27)14-16-7-4-5-9-20(16)24/h4-9,11-12,15,22,27H,2-3,10,13-14H2,1H3,(H,28,29)/b17-12+. The highest BCUT2D eigenvalue weighted by atomic mass is 35.5.